The molecule has 0 aliphatic carbocycles. The minimum absolute atomic E-state index is 0.000723. The number of carbonyl (C=O) groups is 2. The van der Waals surface area contributed by atoms with E-state index in [1.807, 2.05) is 13.8 Å². The minimum Gasteiger partial charge on any atom is -0.354 e. The van der Waals surface area contributed by atoms with E-state index in [4.69, 9.17) is 0 Å². The molecule has 0 saturated carbocycles. The van der Waals surface area contributed by atoms with Crippen LogP contribution in [0.25, 0.3) is 16.7 Å². The largest absolute Gasteiger partial charge is 0.354 e. The van der Waals surface area contributed by atoms with Gasteiger partial charge in [-0.1, -0.05) is 25.1 Å². The Balaban J connectivity index is 1.70. The molecule has 4 rings (SSSR count). The molecular formula is C25H27FN6O4. The van der Waals surface area contributed by atoms with E-state index < -0.39 is 29.5 Å². The Kier molecular flexibility index (Phi) is 7.00. The average Bonchev–Trinajstić information content (AvgIpc) is 3.16. The SMILES string of the molecule is CC[C@H](C)NC(=O)CCn1c(=O)c2ccccc2n2c(=O)n(CC(=O)Nc3ccc(C)c(F)c3)nc12. The van der Waals surface area contributed by atoms with Gasteiger partial charge in [0.2, 0.25) is 17.6 Å². The summed E-state index contributed by atoms with van der Waals surface area (Å²) in [5.74, 6) is -1.26. The van der Waals surface area contributed by atoms with Gasteiger partial charge in [0.25, 0.3) is 5.56 Å². The maximum Gasteiger partial charge on any atom is 0.352 e. The molecule has 0 fully saturated rings. The zero-order valence-corrected chi connectivity index (χ0v) is 20.2. The summed E-state index contributed by atoms with van der Waals surface area (Å²) in [5.41, 5.74) is 0.00679. The van der Waals surface area contributed by atoms with Gasteiger partial charge in [0, 0.05) is 24.7 Å². The summed E-state index contributed by atoms with van der Waals surface area (Å²) in [6, 6.07) is 10.8. The zero-order chi connectivity index (χ0) is 26.0. The normalized spacial score (nSPS) is 12.1. The van der Waals surface area contributed by atoms with Crippen LogP contribution < -0.4 is 21.9 Å². The predicted molar refractivity (Wildman–Crippen MR) is 133 cm³/mol. The summed E-state index contributed by atoms with van der Waals surface area (Å²) in [5, 5.41) is 9.94. The molecule has 0 saturated heterocycles. The molecule has 2 N–H and O–H groups in total. The molecule has 0 aliphatic heterocycles. The summed E-state index contributed by atoms with van der Waals surface area (Å²) >= 11 is 0. The standard InChI is InChI=1S/C25H27FN6O4/c1-4-16(3)27-21(33)11-12-30-23(35)18-7-5-6-8-20(18)32-24(30)29-31(25(32)36)14-22(34)28-17-10-9-15(2)19(26)13-17/h5-10,13,16H,4,11-12,14H2,1-3H3,(H,27,33)(H,28,34)/t16-/m0/s1. The number of nitrogens with zero attached hydrogens (tertiary/aromatic N) is 4. The summed E-state index contributed by atoms with van der Waals surface area (Å²) in [4.78, 5) is 51.4. The number of hydrogen-bond donors (Lipinski definition) is 2. The van der Waals surface area contributed by atoms with Crippen molar-refractivity contribution >= 4 is 34.2 Å². The van der Waals surface area contributed by atoms with Crippen LogP contribution in [0.4, 0.5) is 10.1 Å². The van der Waals surface area contributed by atoms with E-state index in [1.165, 1.54) is 21.1 Å². The van der Waals surface area contributed by atoms with Crippen molar-refractivity contribution in [2.45, 2.75) is 52.7 Å². The van der Waals surface area contributed by atoms with Gasteiger partial charge in [0.15, 0.2) is 0 Å². The number of anilines is 1. The minimum atomic E-state index is -0.621. The van der Waals surface area contributed by atoms with Crippen LogP contribution in [0.1, 0.15) is 32.3 Å². The van der Waals surface area contributed by atoms with Crippen molar-refractivity contribution in [3.05, 3.63) is 74.7 Å². The third kappa shape index (κ3) is 4.90. The Hall–Kier alpha value is -4.28. The smallest absolute Gasteiger partial charge is 0.352 e. The van der Waals surface area contributed by atoms with E-state index in [2.05, 4.69) is 15.7 Å². The van der Waals surface area contributed by atoms with Gasteiger partial charge in [0.05, 0.1) is 10.9 Å². The lowest BCUT2D eigenvalue weighted by atomic mass is 10.2. The number of aryl methyl sites for hydroxylation is 2. The van der Waals surface area contributed by atoms with Crippen LogP contribution in [0.5, 0.6) is 0 Å². The Morgan fingerprint density at radius 1 is 1.11 bits per heavy atom. The number of benzene rings is 2. The molecule has 0 aliphatic rings. The molecular weight excluding hydrogens is 467 g/mol. The first-order valence-electron chi connectivity index (χ1n) is 11.7. The number of fused-ring (bicyclic) bond motifs is 3. The lowest BCUT2D eigenvalue weighted by Gasteiger charge is -2.12. The molecule has 2 heterocycles. The first-order valence-corrected chi connectivity index (χ1v) is 11.7. The number of rotatable bonds is 8. The molecule has 11 heteroatoms. The van der Waals surface area contributed by atoms with Crippen LogP contribution in [-0.4, -0.2) is 36.6 Å². The van der Waals surface area contributed by atoms with Gasteiger partial charge in [0.1, 0.15) is 12.4 Å². The number of aromatic nitrogens is 4. The lowest BCUT2D eigenvalue weighted by molar-refractivity contribution is -0.122. The third-order valence-corrected chi connectivity index (χ3v) is 6.02. The van der Waals surface area contributed by atoms with Crippen molar-refractivity contribution in [2.75, 3.05) is 5.32 Å². The molecule has 0 radical (unpaired) electrons. The van der Waals surface area contributed by atoms with E-state index in [0.717, 1.165) is 11.1 Å². The third-order valence-electron chi connectivity index (χ3n) is 6.02. The number of halogens is 1. The molecule has 0 bridgehead atoms. The topological polar surface area (TPSA) is 120 Å². The van der Waals surface area contributed by atoms with Crippen molar-refractivity contribution in [1.82, 2.24) is 24.1 Å². The molecule has 2 amide bonds. The summed E-state index contributed by atoms with van der Waals surface area (Å²) < 4.78 is 17.3. The van der Waals surface area contributed by atoms with Crippen LogP contribution in [0, 0.1) is 12.7 Å². The number of hydrogen-bond acceptors (Lipinski definition) is 5. The van der Waals surface area contributed by atoms with E-state index in [0.29, 0.717) is 11.1 Å². The molecule has 4 aromatic rings. The molecule has 0 spiro atoms. The molecule has 36 heavy (non-hydrogen) atoms. The van der Waals surface area contributed by atoms with E-state index >= 15 is 0 Å². The van der Waals surface area contributed by atoms with Gasteiger partial charge < -0.3 is 10.6 Å². The van der Waals surface area contributed by atoms with Crippen LogP contribution in [-0.2, 0) is 22.7 Å². The maximum absolute atomic E-state index is 13.8. The first-order chi connectivity index (χ1) is 17.2. The highest BCUT2D eigenvalue weighted by atomic mass is 19.1. The van der Waals surface area contributed by atoms with Crippen molar-refractivity contribution in [1.29, 1.82) is 0 Å². The quantitative estimate of drug-likeness (QED) is 0.389. The maximum atomic E-state index is 13.8. The highest BCUT2D eigenvalue weighted by Gasteiger charge is 2.19. The molecule has 0 unspecified atom stereocenters. The van der Waals surface area contributed by atoms with E-state index in [9.17, 15) is 23.6 Å². The van der Waals surface area contributed by atoms with Gasteiger partial charge in [-0.05, 0) is 50.1 Å². The van der Waals surface area contributed by atoms with Gasteiger partial charge in [-0.2, -0.15) is 0 Å². The fourth-order valence-corrected chi connectivity index (χ4v) is 3.84. The van der Waals surface area contributed by atoms with Crippen molar-refractivity contribution in [2.24, 2.45) is 0 Å². The zero-order valence-electron chi connectivity index (χ0n) is 20.2. The fraction of sp³-hybridized carbons (Fsp3) is 0.320. The van der Waals surface area contributed by atoms with Crippen molar-refractivity contribution in [3.63, 3.8) is 0 Å². The van der Waals surface area contributed by atoms with Crippen molar-refractivity contribution < 1.29 is 14.0 Å². The summed E-state index contributed by atoms with van der Waals surface area (Å²) in [7, 11) is 0. The van der Waals surface area contributed by atoms with Gasteiger partial charge in [-0.25, -0.2) is 18.3 Å². The van der Waals surface area contributed by atoms with E-state index in [-0.39, 0.29) is 41.8 Å². The average molecular weight is 495 g/mol. The van der Waals surface area contributed by atoms with Crippen molar-refractivity contribution in [3.8, 4) is 0 Å². The Bertz CT molecular complexity index is 1590. The summed E-state index contributed by atoms with van der Waals surface area (Å²) in [6.07, 6.45) is 0.780. The van der Waals surface area contributed by atoms with Gasteiger partial charge in [-0.15, -0.1) is 5.10 Å². The van der Waals surface area contributed by atoms with Crippen LogP contribution in [0.2, 0.25) is 0 Å². The number of para-hydroxylation sites is 1. The Morgan fingerprint density at radius 2 is 1.86 bits per heavy atom. The lowest BCUT2D eigenvalue weighted by Crippen LogP contribution is -2.34. The molecule has 2 aromatic carbocycles. The number of amides is 2. The fourth-order valence-electron chi connectivity index (χ4n) is 3.84. The monoisotopic (exact) mass is 494 g/mol. The molecule has 2 aromatic heterocycles. The van der Waals surface area contributed by atoms with E-state index in [1.54, 1.807) is 37.3 Å². The highest BCUT2D eigenvalue weighted by Crippen LogP contribution is 2.14. The van der Waals surface area contributed by atoms with Crippen LogP contribution >= 0.6 is 0 Å². The predicted octanol–water partition coefficient (Wildman–Crippen LogP) is 2.20. The number of carbonyl (C=O) groups excluding carboxylic acids is 2. The molecule has 188 valence electrons. The summed E-state index contributed by atoms with van der Waals surface area (Å²) in [6.45, 7) is 4.99. The van der Waals surface area contributed by atoms with Gasteiger partial charge in [-0.3, -0.25) is 19.0 Å². The van der Waals surface area contributed by atoms with Gasteiger partial charge >= 0.3 is 5.69 Å². The Labute approximate surface area is 205 Å². The second-order valence-electron chi connectivity index (χ2n) is 8.69. The highest BCUT2D eigenvalue weighted by molar-refractivity contribution is 5.90. The Morgan fingerprint density at radius 3 is 2.58 bits per heavy atom. The number of nitrogens with one attached hydrogen (secondary N) is 2. The first kappa shape index (κ1) is 24.8. The van der Waals surface area contributed by atoms with Crippen LogP contribution in [0.15, 0.2) is 52.1 Å². The second-order valence-corrected chi connectivity index (χ2v) is 8.69. The molecule has 1 atom stereocenters. The second kappa shape index (κ2) is 10.1. The molecule has 10 nitrogen and oxygen atoms in total. The van der Waals surface area contributed by atoms with Crippen LogP contribution in [0.3, 0.4) is 0 Å².